The molecule has 0 spiro atoms. The third kappa shape index (κ3) is 3.71. The predicted octanol–water partition coefficient (Wildman–Crippen LogP) is 1.64. The minimum atomic E-state index is -0.638. The standard InChI is InChI=1S/C22H25N7O2/c1-28-21-15-9-5-6-10-16(15)27-29(21)12-11-17(22(28)31)23-20(30)19-24-18(25-26-19)13-14-7-3-2-4-8-14/h2-4,7-8,17H,5-6,9-13H2,1H3,(H,23,30)(H,24,25,26). The van der Waals surface area contributed by atoms with E-state index in [0.717, 1.165) is 42.8 Å². The summed E-state index contributed by atoms with van der Waals surface area (Å²) in [6, 6.07) is 9.20. The maximum absolute atomic E-state index is 13.1. The number of likely N-dealkylation sites (N-methyl/N-ethyl adjacent to an activating group) is 1. The van der Waals surface area contributed by atoms with E-state index in [-0.39, 0.29) is 11.7 Å². The monoisotopic (exact) mass is 419 g/mol. The molecule has 0 saturated heterocycles. The summed E-state index contributed by atoms with van der Waals surface area (Å²) < 4.78 is 1.92. The fraction of sp³-hybridized carbons (Fsp3) is 0.409. The molecule has 0 radical (unpaired) electrons. The SMILES string of the molecule is CN1C(=O)C(NC(=O)c2nnc(Cc3ccccc3)[nH]2)CCn2nc3c(c21)CCCC3. The number of carbonyl (C=O) groups excluding carboxylic acids is 2. The zero-order chi connectivity index (χ0) is 21.4. The first-order valence-corrected chi connectivity index (χ1v) is 10.7. The van der Waals surface area contributed by atoms with E-state index in [1.165, 1.54) is 5.56 Å². The van der Waals surface area contributed by atoms with E-state index < -0.39 is 11.9 Å². The van der Waals surface area contributed by atoms with Crippen LogP contribution in [0.2, 0.25) is 0 Å². The van der Waals surface area contributed by atoms with Crippen molar-refractivity contribution in [2.24, 2.45) is 0 Å². The van der Waals surface area contributed by atoms with Crippen molar-refractivity contribution in [2.45, 2.75) is 51.1 Å². The van der Waals surface area contributed by atoms with Gasteiger partial charge >= 0.3 is 0 Å². The summed E-state index contributed by atoms with van der Waals surface area (Å²) in [6.07, 6.45) is 5.20. The van der Waals surface area contributed by atoms with Crippen LogP contribution < -0.4 is 10.2 Å². The lowest BCUT2D eigenvalue weighted by Gasteiger charge is -2.22. The summed E-state index contributed by atoms with van der Waals surface area (Å²) >= 11 is 0. The fourth-order valence-corrected chi connectivity index (χ4v) is 4.46. The van der Waals surface area contributed by atoms with Crippen LogP contribution in [-0.4, -0.2) is 49.9 Å². The predicted molar refractivity (Wildman–Crippen MR) is 114 cm³/mol. The van der Waals surface area contributed by atoms with Gasteiger partial charge in [-0.1, -0.05) is 30.3 Å². The summed E-state index contributed by atoms with van der Waals surface area (Å²) in [4.78, 5) is 30.5. The van der Waals surface area contributed by atoms with Gasteiger partial charge in [0, 0.05) is 25.6 Å². The van der Waals surface area contributed by atoms with Crippen LogP contribution in [-0.2, 0) is 30.6 Å². The van der Waals surface area contributed by atoms with E-state index in [1.54, 1.807) is 11.9 Å². The number of amides is 2. The second-order valence-electron chi connectivity index (χ2n) is 8.17. The quantitative estimate of drug-likeness (QED) is 0.668. The van der Waals surface area contributed by atoms with Crippen LogP contribution >= 0.6 is 0 Å². The van der Waals surface area contributed by atoms with E-state index >= 15 is 0 Å². The minimum absolute atomic E-state index is 0.112. The largest absolute Gasteiger partial charge is 0.337 e. The second-order valence-corrected chi connectivity index (χ2v) is 8.17. The molecule has 2 aromatic heterocycles. The third-order valence-electron chi connectivity index (χ3n) is 6.04. The maximum Gasteiger partial charge on any atom is 0.289 e. The minimum Gasteiger partial charge on any atom is -0.337 e. The molecule has 5 rings (SSSR count). The Bertz CT molecular complexity index is 1120. The number of fused-ring (bicyclic) bond motifs is 3. The van der Waals surface area contributed by atoms with E-state index in [0.29, 0.717) is 25.2 Å². The summed E-state index contributed by atoms with van der Waals surface area (Å²) in [5.41, 5.74) is 3.36. The average Bonchev–Trinajstić information content (AvgIpc) is 3.38. The number of aryl methyl sites for hydroxylation is 2. The van der Waals surface area contributed by atoms with Crippen molar-refractivity contribution in [3.05, 3.63) is 58.8 Å². The number of hydrogen-bond donors (Lipinski definition) is 2. The van der Waals surface area contributed by atoms with Gasteiger partial charge in [0.1, 0.15) is 17.7 Å². The van der Waals surface area contributed by atoms with Crippen molar-refractivity contribution in [1.29, 1.82) is 0 Å². The van der Waals surface area contributed by atoms with Gasteiger partial charge in [-0.15, -0.1) is 10.2 Å². The molecule has 160 valence electrons. The summed E-state index contributed by atoms with van der Waals surface area (Å²) in [7, 11) is 1.77. The summed E-state index contributed by atoms with van der Waals surface area (Å²) in [5.74, 6) is 1.03. The van der Waals surface area contributed by atoms with Gasteiger partial charge in [-0.3, -0.25) is 14.5 Å². The molecule has 0 saturated carbocycles. The molecule has 3 aromatic rings. The Balaban J connectivity index is 1.29. The highest BCUT2D eigenvalue weighted by molar-refractivity contribution is 6.01. The average molecular weight is 419 g/mol. The number of anilines is 1. The zero-order valence-corrected chi connectivity index (χ0v) is 17.5. The highest BCUT2D eigenvalue weighted by Crippen LogP contribution is 2.32. The van der Waals surface area contributed by atoms with Crippen LogP contribution in [0.4, 0.5) is 5.82 Å². The summed E-state index contributed by atoms with van der Waals surface area (Å²) in [5, 5.41) is 15.6. The molecule has 31 heavy (non-hydrogen) atoms. The van der Waals surface area contributed by atoms with Crippen LogP contribution in [0.1, 0.15) is 52.5 Å². The number of carbonyl (C=O) groups is 2. The van der Waals surface area contributed by atoms with Crippen molar-refractivity contribution < 1.29 is 9.59 Å². The van der Waals surface area contributed by atoms with E-state index in [9.17, 15) is 9.59 Å². The molecule has 0 bridgehead atoms. The molecular formula is C22H25N7O2. The first-order valence-electron chi connectivity index (χ1n) is 10.7. The molecule has 2 N–H and O–H groups in total. The Morgan fingerprint density at radius 1 is 1.19 bits per heavy atom. The second kappa shape index (κ2) is 7.98. The third-order valence-corrected chi connectivity index (χ3v) is 6.04. The lowest BCUT2D eigenvalue weighted by molar-refractivity contribution is -0.120. The number of hydrogen-bond acceptors (Lipinski definition) is 5. The Morgan fingerprint density at radius 3 is 2.84 bits per heavy atom. The molecule has 1 aliphatic heterocycles. The number of nitrogens with one attached hydrogen (secondary N) is 2. The first kappa shape index (κ1) is 19.5. The van der Waals surface area contributed by atoms with Gasteiger partial charge in [-0.2, -0.15) is 5.10 Å². The molecule has 2 aliphatic rings. The molecule has 1 aliphatic carbocycles. The number of H-pyrrole nitrogens is 1. The number of aromatic amines is 1. The van der Waals surface area contributed by atoms with E-state index in [1.807, 2.05) is 35.0 Å². The Labute approximate surface area is 179 Å². The molecule has 3 heterocycles. The van der Waals surface area contributed by atoms with Crippen molar-refractivity contribution in [2.75, 3.05) is 11.9 Å². The van der Waals surface area contributed by atoms with Gasteiger partial charge < -0.3 is 10.3 Å². The summed E-state index contributed by atoms with van der Waals surface area (Å²) in [6.45, 7) is 0.582. The highest BCUT2D eigenvalue weighted by Gasteiger charge is 2.34. The first-order chi connectivity index (χ1) is 15.1. The number of aromatic nitrogens is 5. The maximum atomic E-state index is 13.1. The Kier molecular flexibility index (Phi) is 5.01. The van der Waals surface area contributed by atoms with Gasteiger partial charge in [0.25, 0.3) is 11.8 Å². The Hall–Kier alpha value is -3.49. The van der Waals surface area contributed by atoms with Gasteiger partial charge in [-0.25, -0.2) is 4.68 Å². The number of benzene rings is 1. The van der Waals surface area contributed by atoms with Gasteiger partial charge in [0.05, 0.1) is 5.69 Å². The molecule has 1 unspecified atom stereocenters. The van der Waals surface area contributed by atoms with E-state index in [2.05, 4.69) is 20.5 Å². The number of nitrogens with zero attached hydrogens (tertiary/aromatic N) is 5. The van der Waals surface area contributed by atoms with Crippen LogP contribution in [0.3, 0.4) is 0 Å². The molecular weight excluding hydrogens is 394 g/mol. The molecule has 9 heteroatoms. The van der Waals surface area contributed by atoms with Gasteiger partial charge in [0.2, 0.25) is 5.82 Å². The molecule has 2 amide bonds. The van der Waals surface area contributed by atoms with Crippen molar-refractivity contribution in [3.8, 4) is 0 Å². The molecule has 1 atom stereocenters. The lowest BCUT2D eigenvalue weighted by atomic mass is 9.97. The molecule has 9 nitrogen and oxygen atoms in total. The van der Waals surface area contributed by atoms with Crippen molar-refractivity contribution in [3.63, 3.8) is 0 Å². The normalized spacial score (nSPS) is 18.3. The lowest BCUT2D eigenvalue weighted by Crippen LogP contribution is -2.47. The topological polar surface area (TPSA) is 109 Å². The van der Waals surface area contributed by atoms with Crippen LogP contribution in [0.25, 0.3) is 0 Å². The van der Waals surface area contributed by atoms with Crippen molar-refractivity contribution >= 4 is 17.6 Å². The molecule has 1 aromatic carbocycles. The zero-order valence-electron chi connectivity index (χ0n) is 17.5. The fourth-order valence-electron chi connectivity index (χ4n) is 4.46. The van der Waals surface area contributed by atoms with Crippen molar-refractivity contribution in [1.82, 2.24) is 30.3 Å². The van der Waals surface area contributed by atoms with Crippen LogP contribution in [0.15, 0.2) is 30.3 Å². The smallest absolute Gasteiger partial charge is 0.289 e. The van der Waals surface area contributed by atoms with Gasteiger partial charge in [-0.05, 0) is 37.7 Å². The van der Waals surface area contributed by atoms with E-state index in [4.69, 9.17) is 5.10 Å². The van der Waals surface area contributed by atoms with Gasteiger partial charge in [0.15, 0.2) is 0 Å². The number of rotatable bonds is 4. The Morgan fingerprint density at radius 2 is 2.00 bits per heavy atom. The van der Waals surface area contributed by atoms with Crippen LogP contribution in [0.5, 0.6) is 0 Å². The highest BCUT2D eigenvalue weighted by atomic mass is 16.2. The van der Waals surface area contributed by atoms with Crippen LogP contribution in [0, 0.1) is 0 Å². The molecule has 0 fully saturated rings.